The molecule has 1 aliphatic heterocycles. The van der Waals surface area contributed by atoms with Crippen molar-refractivity contribution in [3.8, 4) is 0 Å². The van der Waals surface area contributed by atoms with Gasteiger partial charge in [0, 0.05) is 25.2 Å². The average Bonchev–Trinajstić information content (AvgIpc) is 2.62. The number of hydrogen-bond acceptors (Lipinski definition) is 4. The van der Waals surface area contributed by atoms with Crippen LogP contribution < -0.4 is 10.2 Å². The maximum Gasteiger partial charge on any atom is 0.132 e. The molecule has 2 rings (SSSR count). The molecular formula is C10H15FN4. The Hall–Kier alpha value is -1.23. The van der Waals surface area contributed by atoms with Crippen molar-refractivity contribution in [3.05, 3.63) is 18.6 Å². The van der Waals surface area contributed by atoms with Crippen LogP contribution in [0.4, 0.5) is 10.2 Å². The quantitative estimate of drug-likeness (QED) is 0.793. The first-order valence-electron chi connectivity index (χ1n) is 5.12. The molecule has 1 saturated heterocycles. The van der Waals surface area contributed by atoms with Crippen molar-refractivity contribution < 1.29 is 4.39 Å². The van der Waals surface area contributed by atoms with E-state index in [1.54, 1.807) is 6.20 Å². The third-order valence-electron chi connectivity index (χ3n) is 2.66. The van der Waals surface area contributed by atoms with E-state index < -0.39 is 6.17 Å². The molecule has 2 atom stereocenters. The molecule has 4 nitrogen and oxygen atoms in total. The molecule has 1 fully saturated rings. The fourth-order valence-electron chi connectivity index (χ4n) is 2.02. The summed E-state index contributed by atoms with van der Waals surface area (Å²) in [6, 6.07) is 2.01. The SMILES string of the molecule is CNC[C@H]1C[C@@H](F)CN1c1ccncn1. The molecule has 1 N–H and O–H groups in total. The Morgan fingerprint density at radius 1 is 1.67 bits per heavy atom. The molecule has 0 saturated carbocycles. The van der Waals surface area contributed by atoms with Gasteiger partial charge in [0.25, 0.3) is 0 Å². The Balaban J connectivity index is 2.13. The molecule has 1 aromatic heterocycles. The zero-order valence-electron chi connectivity index (χ0n) is 8.73. The van der Waals surface area contributed by atoms with Crippen LogP contribution in [0.15, 0.2) is 18.6 Å². The summed E-state index contributed by atoms with van der Waals surface area (Å²) < 4.78 is 13.3. The molecule has 0 spiro atoms. The third-order valence-corrected chi connectivity index (χ3v) is 2.66. The van der Waals surface area contributed by atoms with Crippen molar-refractivity contribution in [2.24, 2.45) is 0 Å². The summed E-state index contributed by atoms with van der Waals surface area (Å²) >= 11 is 0. The molecule has 2 heterocycles. The first-order valence-corrected chi connectivity index (χ1v) is 5.12. The van der Waals surface area contributed by atoms with Gasteiger partial charge in [0.1, 0.15) is 18.3 Å². The standard InChI is InChI=1S/C10H15FN4/c1-12-5-9-4-8(11)6-15(9)10-2-3-13-7-14-10/h2-3,7-9,12H,4-6H2,1H3/t8-,9-/m1/s1. The summed E-state index contributed by atoms with van der Waals surface area (Å²) in [5.74, 6) is 0.811. The smallest absolute Gasteiger partial charge is 0.132 e. The van der Waals surface area contributed by atoms with E-state index in [0.717, 1.165) is 12.4 Å². The topological polar surface area (TPSA) is 41.0 Å². The first-order chi connectivity index (χ1) is 7.31. The lowest BCUT2D eigenvalue weighted by Gasteiger charge is -2.24. The van der Waals surface area contributed by atoms with Crippen molar-refractivity contribution >= 4 is 5.82 Å². The van der Waals surface area contributed by atoms with E-state index in [1.807, 2.05) is 18.0 Å². The number of nitrogens with one attached hydrogen (secondary N) is 1. The van der Waals surface area contributed by atoms with E-state index >= 15 is 0 Å². The zero-order valence-corrected chi connectivity index (χ0v) is 8.73. The molecule has 0 aromatic carbocycles. The average molecular weight is 210 g/mol. The lowest BCUT2D eigenvalue weighted by molar-refractivity contribution is 0.355. The highest BCUT2D eigenvalue weighted by Gasteiger charge is 2.32. The second kappa shape index (κ2) is 4.53. The van der Waals surface area contributed by atoms with Crippen LogP contribution in [0.5, 0.6) is 0 Å². The van der Waals surface area contributed by atoms with Gasteiger partial charge < -0.3 is 10.2 Å². The summed E-state index contributed by atoms with van der Waals surface area (Å²) in [4.78, 5) is 10.0. The number of alkyl halides is 1. The van der Waals surface area contributed by atoms with E-state index in [2.05, 4.69) is 15.3 Å². The van der Waals surface area contributed by atoms with Crippen molar-refractivity contribution in [2.45, 2.75) is 18.6 Å². The predicted molar refractivity (Wildman–Crippen MR) is 56.6 cm³/mol. The van der Waals surface area contributed by atoms with E-state index in [1.165, 1.54) is 6.33 Å². The molecule has 0 bridgehead atoms. The van der Waals surface area contributed by atoms with E-state index in [4.69, 9.17) is 0 Å². The Bertz CT molecular complexity index is 306. The van der Waals surface area contributed by atoms with Crippen LogP contribution in [0.2, 0.25) is 0 Å². The number of anilines is 1. The zero-order chi connectivity index (χ0) is 10.7. The van der Waals surface area contributed by atoms with Gasteiger partial charge in [-0.3, -0.25) is 0 Å². The Morgan fingerprint density at radius 3 is 3.20 bits per heavy atom. The number of rotatable bonds is 3. The van der Waals surface area contributed by atoms with Gasteiger partial charge in [-0.15, -0.1) is 0 Å². The predicted octanol–water partition coefficient (Wildman–Crippen LogP) is 0.613. The number of hydrogen-bond donors (Lipinski definition) is 1. The molecule has 1 aliphatic rings. The molecule has 1 aromatic rings. The van der Waals surface area contributed by atoms with Crippen LogP contribution in [0, 0.1) is 0 Å². The first kappa shape index (κ1) is 10.3. The Morgan fingerprint density at radius 2 is 2.53 bits per heavy atom. The fraction of sp³-hybridized carbons (Fsp3) is 0.600. The molecule has 0 aliphatic carbocycles. The number of nitrogens with zero attached hydrogens (tertiary/aromatic N) is 3. The van der Waals surface area contributed by atoms with E-state index in [0.29, 0.717) is 13.0 Å². The normalized spacial score (nSPS) is 25.9. The molecular weight excluding hydrogens is 195 g/mol. The molecule has 82 valence electrons. The van der Waals surface area contributed by atoms with Crippen molar-refractivity contribution in [1.29, 1.82) is 0 Å². The van der Waals surface area contributed by atoms with Gasteiger partial charge >= 0.3 is 0 Å². The molecule has 0 radical (unpaired) electrons. The maximum absolute atomic E-state index is 13.3. The third kappa shape index (κ3) is 2.23. The highest BCUT2D eigenvalue weighted by atomic mass is 19.1. The van der Waals surface area contributed by atoms with E-state index in [-0.39, 0.29) is 6.04 Å². The second-order valence-corrected chi connectivity index (χ2v) is 3.76. The van der Waals surface area contributed by atoms with Crippen molar-refractivity contribution in [2.75, 3.05) is 25.0 Å². The molecule has 15 heavy (non-hydrogen) atoms. The van der Waals surface area contributed by atoms with Crippen LogP contribution in [0.1, 0.15) is 6.42 Å². The van der Waals surface area contributed by atoms with Gasteiger partial charge in [-0.25, -0.2) is 14.4 Å². The van der Waals surface area contributed by atoms with Crippen LogP contribution >= 0.6 is 0 Å². The largest absolute Gasteiger partial charge is 0.349 e. The van der Waals surface area contributed by atoms with Crippen molar-refractivity contribution in [1.82, 2.24) is 15.3 Å². The Kier molecular flexibility index (Phi) is 3.11. The highest BCUT2D eigenvalue weighted by Crippen LogP contribution is 2.24. The molecule has 5 heteroatoms. The maximum atomic E-state index is 13.3. The van der Waals surface area contributed by atoms with Crippen molar-refractivity contribution in [3.63, 3.8) is 0 Å². The van der Waals surface area contributed by atoms with Crippen LogP contribution in [0.25, 0.3) is 0 Å². The minimum atomic E-state index is -0.752. The lowest BCUT2D eigenvalue weighted by atomic mass is 10.2. The summed E-state index contributed by atoms with van der Waals surface area (Å²) in [6.45, 7) is 1.22. The summed E-state index contributed by atoms with van der Waals surface area (Å²) in [6.07, 6.45) is 3.00. The summed E-state index contributed by atoms with van der Waals surface area (Å²) in [5, 5.41) is 3.08. The number of likely N-dealkylation sites (N-methyl/N-ethyl adjacent to an activating group) is 1. The molecule has 0 amide bonds. The summed E-state index contributed by atoms with van der Waals surface area (Å²) in [7, 11) is 1.88. The lowest BCUT2D eigenvalue weighted by Crippen LogP contribution is -2.37. The summed E-state index contributed by atoms with van der Waals surface area (Å²) in [5.41, 5.74) is 0. The molecule has 0 unspecified atom stereocenters. The van der Waals surface area contributed by atoms with Crippen LogP contribution in [-0.4, -0.2) is 42.3 Å². The number of aromatic nitrogens is 2. The van der Waals surface area contributed by atoms with Gasteiger partial charge in [0.05, 0.1) is 6.54 Å². The van der Waals surface area contributed by atoms with E-state index in [9.17, 15) is 4.39 Å². The van der Waals surface area contributed by atoms with Crippen LogP contribution in [-0.2, 0) is 0 Å². The van der Waals surface area contributed by atoms with Gasteiger partial charge in [-0.1, -0.05) is 0 Å². The fourth-order valence-corrected chi connectivity index (χ4v) is 2.02. The van der Waals surface area contributed by atoms with Gasteiger partial charge in [0.2, 0.25) is 0 Å². The van der Waals surface area contributed by atoms with Gasteiger partial charge in [-0.05, 0) is 13.1 Å². The van der Waals surface area contributed by atoms with Gasteiger partial charge in [-0.2, -0.15) is 0 Å². The van der Waals surface area contributed by atoms with Gasteiger partial charge in [0.15, 0.2) is 0 Å². The minimum absolute atomic E-state index is 0.194. The monoisotopic (exact) mass is 210 g/mol. The second-order valence-electron chi connectivity index (χ2n) is 3.76. The Labute approximate surface area is 88.5 Å². The highest BCUT2D eigenvalue weighted by molar-refractivity contribution is 5.40. The van der Waals surface area contributed by atoms with Crippen LogP contribution in [0.3, 0.4) is 0 Å². The minimum Gasteiger partial charge on any atom is -0.349 e. The number of halogens is 1.